The fourth-order valence-electron chi connectivity index (χ4n) is 2.03. The number of nitrogens with two attached hydrogens (primary N) is 1. The number of aromatic nitrogens is 2. The molecule has 2 N–H and O–H groups in total. The first-order valence-corrected chi connectivity index (χ1v) is 6.63. The minimum atomic E-state index is 0.485. The van der Waals surface area contributed by atoms with Gasteiger partial charge in [-0.15, -0.1) is 5.11 Å². The first-order valence-electron chi connectivity index (χ1n) is 6.63. The van der Waals surface area contributed by atoms with Crippen molar-refractivity contribution in [2.24, 2.45) is 10.2 Å². The lowest BCUT2D eigenvalue weighted by Gasteiger charge is -2.02. The molecule has 1 heterocycles. The zero-order valence-corrected chi connectivity index (χ0v) is 11.6. The maximum Gasteiger partial charge on any atom is 0.155 e. The van der Waals surface area contributed by atoms with Crippen LogP contribution in [0, 0.1) is 6.92 Å². The van der Waals surface area contributed by atoms with Crippen molar-refractivity contribution in [2.45, 2.75) is 6.92 Å². The molecule has 2 aromatic carbocycles. The second-order valence-electron chi connectivity index (χ2n) is 4.60. The van der Waals surface area contributed by atoms with Crippen LogP contribution in [0.2, 0.25) is 0 Å². The van der Waals surface area contributed by atoms with Gasteiger partial charge in [0.25, 0.3) is 0 Å². The lowest BCUT2D eigenvalue weighted by Crippen LogP contribution is -2.01. The minimum absolute atomic E-state index is 0.485. The average Bonchev–Trinajstić information content (AvgIpc) is 2.82. The molecular weight excluding hydrogens is 262 g/mol. The van der Waals surface area contributed by atoms with Crippen molar-refractivity contribution in [3.63, 3.8) is 0 Å². The Labute approximate surface area is 122 Å². The van der Waals surface area contributed by atoms with Crippen LogP contribution in [-0.2, 0) is 0 Å². The van der Waals surface area contributed by atoms with E-state index < -0.39 is 0 Å². The molecule has 0 amide bonds. The highest BCUT2D eigenvalue weighted by molar-refractivity contribution is 5.64. The fourth-order valence-corrected chi connectivity index (χ4v) is 2.03. The second kappa shape index (κ2) is 5.58. The molecule has 0 unspecified atom stereocenters. The van der Waals surface area contributed by atoms with Gasteiger partial charge in [0.2, 0.25) is 0 Å². The fraction of sp³-hybridized carbons (Fsp3) is 0.0625. The predicted molar refractivity (Wildman–Crippen MR) is 83.3 cm³/mol. The first-order chi connectivity index (χ1) is 10.3. The van der Waals surface area contributed by atoms with Gasteiger partial charge in [0.1, 0.15) is 0 Å². The van der Waals surface area contributed by atoms with Gasteiger partial charge in [-0.25, -0.2) is 4.68 Å². The summed E-state index contributed by atoms with van der Waals surface area (Å²) in [4.78, 5) is 0. The molecule has 0 aliphatic heterocycles. The van der Waals surface area contributed by atoms with Crippen LogP contribution in [0.15, 0.2) is 70.9 Å². The molecule has 3 rings (SSSR count). The van der Waals surface area contributed by atoms with Crippen LogP contribution < -0.4 is 5.73 Å². The Morgan fingerprint density at radius 2 is 1.52 bits per heavy atom. The summed E-state index contributed by atoms with van der Waals surface area (Å²) in [6.07, 6.45) is 0. The first kappa shape index (κ1) is 13.1. The number of nitrogens with zero attached hydrogens (tertiary/aromatic N) is 4. The van der Waals surface area contributed by atoms with Crippen LogP contribution in [-0.4, -0.2) is 9.78 Å². The summed E-state index contributed by atoms with van der Waals surface area (Å²) in [6, 6.07) is 19.3. The SMILES string of the molecule is Cc1nn(-c2ccccc2)c(N)c1/N=N/c1ccccc1. The van der Waals surface area contributed by atoms with Gasteiger partial charge in [0.05, 0.1) is 17.1 Å². The highest BCUT2D eigenvalue weighted by atomic mass is 15.3. The van der Waals surface area contributed by atoms with Crippen LogP contribution in [0.25, 0.3) is 5.69 Å². The summed E-state index contributed by atoms with van der Waals surface area (Å²) in [6.45, 7) is 1.87. The van der Waals surface area contributed by atoms with E-state index >= 15 is 0 Å². The Kier molecular flexibility index (Phi) is 3.47. The van der Waals surface area contributed by atoms with Crippen molar-refractivity contribution in [1.29, 1.82) is 0 Å². The molecule has 0 spiro atoms. The van der Waals surface area contributed by atoms with Gasteiger partial charge in [-0.3, -0.25) is 0 Å². The van der Waals surface area contributed by atoms with E-state index in [2.05, 4.69) is 15.3 Å². The lowest BCUT2D eigenvalue weighted by molar-refractivity contribution is 0.872. The summed E-state index contributed by atoms with van der Waals surface area (Å²) in [5, 5.41) is 12.9. The topological polar surface area (TPSA) is 68.6 Å². The third-order valence-corrected chi connectivity index (χ3v) is 3.09. The van der Waals surface area contributed by atoms with Crippen molar-refractivity contribution in [3.8, 4) is 5.69 Å². The van der Waals surface area contributed by atoms with E-state index in [0.717, 1.165) is 17.1 Å². The minimum Gasteiger partial charge on any atom is -0.382 e. The molecular formula is C16H15N5. The highest BCUT2D eigenvalue weighted by Gasteiger charge is 2.13. The molecule has 0 saturated carbocycles. The molecule has 0 aliphatic rings. The maximum atomic E-state index is 6.15. The maximum absolute atomic E-state index is 6.15. The molecule has 0 bridgehead atoms. The molecule has 3 aromatic rings. The van der Waals surface area contributed by atoms with Crippen molar-refractivity contribution in [2.75, 3.05) is 5.73 Å². The van der Waals surface area contributed by atoms with Gasteiger partial charge in [-0.2, -0.15) is 10.2 Å². The van der Waals surface area contributed by atoms with Gasteiger partial charge in [0.15, 0.2) is 11.5 Å². The number of nitrogen functional groups attached to an aromatic ring is 1. The monoisotopic (exact) mass is 277 g/mol. The Morgan fingerprint density at radius 1 is 0.905 bits per heavy atom. The number of rotatable bonds is 3. The van der Waals surface area contributed by atoms with E-state index in [4.69, 9.17) is 5.73 Å². The lowest BCUT2D eigenvalue weighted by atomic mass is 10.3. The highest BCUT2D eigenvalue weighted by Crippen LogP contribution is 2.30. The van der Waals surface area contributed by atoms with Crippen molar-refractivity contribution in [1.82, 2.24) is 9.78 Å². The third-order valence-electron chi connectivity index (χ3n) is 3.09. The second-order valence-corrected chi connectivity index (χ2v) is 4.60. The molecule has 1 aromatic heterocycles. The van der Waals surface area contributed by atoms with Crippen molar-refractivity contribution in [3.05, 3.63) is 66.4 Å². The molecule has 0 fully saturated rings. The van der Waals surface area contributed by atoms with E-state index in [1.807, 2.05) is 67.6 Å². The molecule has 5 nitrogen and oxygen atoms in total. The molecule has 21 heavy (non-hydrogen) atoms. The normalized spacial score (nSPS) is 11.1. The van der Waals surface area contributed by atoms with Gasteiger partial charge >= 0.3 is 0 Å². The van der Waals surface area contributed by atoms with Crippen LogP contribution in [0.3, 0.4) is 0 Å². The average molecular weight is 277 g/mol. The van der Waals surface area contributed by atoms with Crippen LogP contribution in [0.4, 0.5) is 17.2 Å². The number of anilines is 1. The number of hydrogen-bond acceptors (Lipinski definition) is 4. The standard InChI is InChI=1S/C16H15N5/c1-12-15(19-18-13-8-4-2-5-9-13)16(17)21(20-12)14-10-6-3-7-11-14/h2-11H,17H2,1H3/b19-18+. The molecule has 0 saturated heterocycles. The Bertz CT molecular complexity index is 760. The van der Waals surface area contributed by atoms with E-state index in [1.165, 1.54) is 0 Å². The number of azo groups is 1. The Balaban J connectivity index is 1.98. The van der Waals surface area contributed by atoms with E-state index in [0.29, 0.717) is 11.5 Å². The van der Waals surface area contributed by atoms with Gasteiger partial charge in [0, 0.05) is 0 Å². The summed E-state index contributed by atoms with van der Waals surface area (Å²) < 4.78 is 1.68. The van der Waals surface area contributed by atoms with E-state index in [1.54, 1.807) is 4.68 Å². The molecule has 0 atom stereocenters. The van der Waals surface area contributed by atoms with Gasteiger partial charge in [-0.05, 0) is 31.2 Å². The summed E-state index contributed by atoms with van der Waals surface area (Å²) in [5.74, 6) is 0.485. The van der Waals surface area contributed by atoms with E-state index in [9.17, 15) is 0 Å². The zero-order chi connectivity index (χ0) is 14.7. The number of aryl methyl sites for hydroxylation is 1. The third kappa shape index (κ3) is 2.67. The number of benzene rings is 2. The van der Waals surface area contributed by atoms with Gasteiger partial charge < -0.3 is 5.73 Å². The molecule has 0 aliphatic carbocycles. The van der Waals surface area contributed by atoms with Crippen LogP contribution >= 0.6 is 0 Å². The molecule has 5 heteroatoms. The molecule has 104 valence electrons. The zero-order valence-electron chi connectivity index (χ0n) is 11.6. The van der Waals surface area contributed by atoms with Crippen molar-refractivity contribution < 1.29 is 0 Å². The van der Waals surface area contributed by atoms with Gasteiger partial charge in [-0.1, -0.05) is 36.4 Å². The predicted octanol–water partition coefficient (Wildman–Crippen LogP) is 4.18. The van der Waals surface area contributed by atoms with Crippen LogP contribution in [0.1, 0.15) is 5.69 Å². The largest absolute Gasteiger partial charge is 0.382 e. The Morgan fingerprint density at radius 3 is 2.19 bits per heavy atom. The summed E-state index contributed by atoms with van der Waals surface area (Å²) in [5.41, 5.74) is 9.18. The van der Waals surface area contributed by atoms with Crippen LogP contribution in [0.5, 0.6) is 0 Å². The smallest absolute Gasteiger partial charge is 0.155 e. The van der Waals surface area contributed by atoms with Crippen molar-refractivity contribution >= 4 is 17.2 Å². The number of hydrogen-bond donors (Lipinski definition) is 1. The Hall–Kier alpha value is -2.95. The molecule has 0 radical (unpaired) electrons. The van der Waals surface area contributed by atoms with E-state index in [-0.39, 0.29) is 0 Å². The summed E-state index contributed by atoms with van der Waals surface area (Å²) >= 11 is 0. The number of para-hydroxylation sites is 1. The quantitative estimate of drug-likeness (QED) is 0.730. The summed E-state index contributed by atoms with van der Waals surface area (Å²) in [7, 11) is 0.